The minimum absolute atomic E-state index is 0.897. The lowest BCUT2D eigenvalue weighted by molar-refractivity contribution is -0.595. The molecule has 164 valence electrons. The minimum Gasteiger partial charge on any atom is -0.344 e. The Hall–Kier alpha value is -3.13. The maximum atomic E-state index is 2.31. The molecule has 4 rings (SSSR count). The maximum absolute atomic E-state index is 2.31. The molecule has 1 aromatic heterocycles. The lowest BCUT2D eigenvalue weighted by Crippen LogP contribution is -2.29. The summed E-state index contributed by atoms with van der Waals surface area (Å²) in [5.41, 5.74) is 7.85. The first-order chi connectivity index (χ1) is 15.8. The second-order valence-corrected chi connectivity index (χ2v) is 8.66. The minimum atomic E-state index is 0.897. The number of rotatable bonds is 9. The summed E-state index contributed by atoms with van der Waals surface area (Å²) in [5, 5.41) is 0. The quantitative estimate of drug-likeness (QED) is 0.334. The van der Waals surface area contributed by atoms with Gasteiger partial charge in [-0.15, -0.1) is 0 Å². The first kappa shape index (κ1) is 22.1. The van der Waals surface area contributed by atoms with Crippen LogP contribution in [0.25, 0.3) is 11.3 Å². The molecule has 0 saturated carbocycles. The van der Waals surface area contributed by atoms with Gasteiger partial charge in [0.05, 0.1) is 0 Å². The van der Waals surface area contributed by atoms with E-state index in [1.807, 2.05) is 0 Å². The highest BCUT2D eigenvalue weighted by Crippen LogP contribution is 2.24. The third kappa shape index (κ3) is 5.56. The Morgan fingerprint density at radius 2 is 1.34 bits per heavy atom. The molecule has 0 aliphatic carbocycles. The Balaban J connectivity index is 1.38. The molecule has 0 atom stereocenters. The first-order valence-corrected chi connectivity index (χ1v) is 12.1. The Bertz CT molecular complexity index is 1040. The second kappa shape index (κ2) is 10.9. The lowest BCUT2D eigenvalue weighted by Gasteiger charge is -2.23. The standard InChI is InChI=1S/C30H35N2/c1-3-5-7-25-9-13-29(14-10-25)31-21-17-27(18-22-31)28-19-23-32(24-20-28)30-15-11-26(12-16-30)8-6-4-2/h9-23H,3-8,24H2,1-2H3/q+1. The highest BCUT2D eigenvalue weighted by molar-refractivity contribution is 5.76. The smallest absolute Gasteiger partial charge is 0.210 e. The van der Waals surface area contributed by atoms with Crippen LogP contribution in [0.2, 0.25) is 0 Å². The highest BCUT2D eigenvalue weighted by atomic mass is 15.1. The van der Waals surface area contributed by atoms with Crippen LogP contribution in [0.1, 0.15) is 56.2 Å². The number of benzene rings is 2. The van der Waals surface area contributed by atoms with Crippen molar-refractivity contribution in [2.75, 3.05) is 11.4 Å². The summed E-state index contributed by atoms with van der Waals surface area (Å²) < 4.78 is 2.19. The van der Waals surface area contributed by atoms with Gasteiger partial charge in [0, 0.05) is 42.7 Å². The van der Waals surface area contributed by atoms with E-state index in [0.29, 0.717) is 0 Å². The molecule has 0 bridgehead atoms. The van der Waals surface area contributed by atoms with Gasteiger partial charge in [-0.25, -0.2) is 0 Å². The van der Waals surface area contributed by atoms with E-state index in [1.165, 1.54) is 72.2 Å². The molecule has 32 heavy (non-hydrogen) atoms. The topological polar surface area (TPSA) is 7.12 Å². The van der Waals surface area contributed by atoms with E-state index < -0.39 is 0 Å². The van der Waals surface area contributed by atoms with Gasteiger partial charge in [0.1, 0.15) is 0 Å². The van der Waals surface area contributed by atoms with Crippen molar-refractivity contribution in [3.63, 3.8) is 0 Å². The molecule has 0 spiro atoms. The number of aryl methyl sites for hydroxylation is 2. The summed E-state index contributed by atoms with van der Waals surface area (Å²) in [6, 6.07) is 22.4. The Morgan fingerprint density at radius 1 is 0.750 bits per heavy atom. The zero-order valence-corrected chi connectivity index (χ0v) is 19.5. The van der Waals surface area contributed by atoms with Gasteiger partial charge in [0.2, 0.25) is 5.69 Å². The van der Waals surface area contributed by atoms with Crippen molar-refractivity contribution in [3.8, 4) is 5.69 Å². The van der Waals surface area contributed by atoms with Gasteiger partial charge >= 0.3 is 0 Å². The number of unbranched alkanes of at least 4 members (excludes halogenated alkanes) is 2. The van der Waals surface area contributed by atoms with Crippen LogP contribution < -0.4 is 9.47 Å². The fourth-order valence-electron chi connectivity index (χ4n) is 4.14. The van der Waals surface area contributed by atoms with Gasteiger partial charge in [-0.1, -0.05) is 57.0 Å². The number of nitrogens with zero attached hydrogens (tertiary/aromatic N) is 2. The van der Waals surface area contributed by atoms with Crippen LogP contribution in [0.15, 0.2) is 91.4 Å². The number of pyridine rings is 1. The molecule has 0 N–H and O–H groups in total. The third-order valence-electron chi connectivity index (χ3n) is 6.25. The molecule has 1 aliphatic heterocycles. The van der Waals surface area contributed by atoms with Crippen molar-refractivity contribution < 1.29 is 4.57 Å². The van der Waals surface area contributed by atoms with Crippen LogP contribution in [0, 0.1) is 0 Å². The monoisotopic (exact) mass is 423 g/mol. The Kier molecular flexibility index (Phi) is 7.55. The van der Waals surface area contributed by atoms with E-state index in [2.05, 4.69) is 115 Å². The van der Waals surface area contributed by atoms with E-state index >= 15 is 0 Å². The van der Waals surface area contributed by atoms with E-state index in [9.17, 15) is 0 Å². The van der Waals surface area contributed by atoms with Crippen LogP contribution in [-0.2, 0) is 12.8 Å². The lowest BCUT2D eigenvalue weighted by atomic mass is 10.0. The summed E-state index contributed by atoms with van der Waals surface area (Å²) in [6.07, 6.45) is 18.4. The van der Waals surface area contributed by atoms with Crippen molar-refractivity contribution in [1.29, 1.82) is 0 Å². The average Bonchev–Trinajstić information content (AvgIpc) is 2.87. The molecule has 2 aromatic carbocycles. The van der Waals surface area contributed by atoms with Gasteiger partial charge in [-0.05, 0) is 66.2 Å². The number of anilines is 1. The van der Waals surface area contributed by atoms with Gasteiger partial charge in [0.15, 0.2) is 12.4 Å². The SMILES string of the molecule is CCCCc1ccc(N2C=CC(c3cc[n+](-c4ccc(CCCC)cc4)cc3)=CC2)cc1. The predicted octanol–water partition coefficient (Wildman–Crippen LogP) is 7.07. The van der Waals surface area contributed by atoms with E-state index in [4.69, 9.17) is 0 Å². The average molecular weight is 424 g/mol. The summed E-state index contributed by atoms with van der Waals surface area (Å²) in [4.78, 5) is 2.30. The van der Waals surface area contributed by atoms with Crippen molar-refractivity contribution in [2.45, 2.75) is 52.4 Å². The predicted molar refractivity (Wildman–Crippen MR) is 136 cm³/mol. The van der Waals surface area contributed by atoms with E-state index in [-0.39, 0.29) is 0 Å². The molecular weight excluding hydrogens is 388 g/mol. The molecule has 2 heterocycles. The van der Waals surface area contributed by atoms with Crippen LogP contribution >= 0.6 is 0 Å². The normalized spacial score (nSPS) is 13.3. The Labute approximate surface area is 193 Å². The second-order valence-electron chi connectivity index (χ2n) is 8.66. The molecule has 2 heteroatoms. The van der Waals surface area contributed by atoms with Gasteiger partial charge in [-0.3, -0.25) is 0 Å². The first-order valence-electron chi connectivity index (χ1n) is 12.1. The molecule has 2 nitrogen and oxygen atoms in total. The number of hydrogen-bond donors (Lipinski definition) is 0. The molecule has 0 saturated heterocycles. The largest absolute Gasteiger partial charge is 0.344 e. The molecule has 0 amide bonds. The fourth-order valence-corrected chi connectivity index (χ4v) is 4.14. The summed E-state index contributed by atoms with van der Waals surface area (Å²) >= 11 is 0. The zero-order chi connectivity index (χ0) is 22.2. The van der Waals surface area contributed by atoms with Crippen LogP contribution in [0.3, 0.4) is 0 Å². The molecule has 0 radical (unpaired) electrons. The Morgan fingerprint density at radius 3 is 1.88 bits per heavy atom. The molecule has 0 fully saturated rings. The van der Waals surface area contributed by atoms with Crippen LogP contribution in [0.5, 0.6) is 0 Å². The zero-order valence-electron chi connectivity index (χ0n) is 19.5. The van der Waals surface area contributed by atoms with Crippen molar-refractivity contribution in [2.24, 2.45) is 0 Å². The summed E-state index contributed by atoms with van der Waals surface area (Å²) in [6.45, 7) is 5.38. The van der Waals surface area contributed by atoms with E-state index in [0.717, 1.165) is 6.54 Å². The van der Waals surface area contributed by atoms with Gasteiger partial charge in [-0.2, -0.15) is 4.57 Å². The number of hydrogen-bond acceptors (Lipinski definition) is 1. The van der Waals surface area contributed by atoms with Crippen molar-refractivity contribution in [3.05, 3.63) is 108 Å². The summed E-state index contributed by atoms with van der Waals surface area (Å²) in [7, 11) is 0. The van der Waals surface area contributed by atoms with E-state index in [1.54, 1.807) is 0 Å². The third-order valence-corrected chi connectivity index (χ3v) is 6.25. The van der Waals surface area contributed by atoms with Gasteiger partial charge < -0.3 is 4.90 Å². The highest BCUT2D eigenvalue weighted by Gasteiger charge is 2.11. The van der Waals surface area contributed by atoms with Crippen LogP contribution in [0.4, 0.5) is 5.69 Å². The molecule has 0 unspecified atom stereocenters. The van der Waals surface area contributed by atoms with Crippen molar-refractivity contribution >= 4 is 11.3 Å². The summed E-state index contributed by atoms with van der Waals surface area (Å²) in [5.74, 6) is 0. The molecule has 1 aliphatic rings. The van der Waals surface area contributed by atoms with Crippen LogP contribution in [-0.4, -0.2) is 6.54 Å². The fraction of sp³-hybridized carbons (Fsp3) is 0.300. The molecular formula is C30H35N2+. The number of aromatic nitrogens is 1. The number of allylic oxidation sites excluding steroid dienone is 2. The van der Waals surface area contributed by atoms with Gasteiger partial charge in [0.25, 0.3) is 0 Å². The molecule has 3 aromatic rings. The van der Waals surface area contributed by atoms with Crippen molar-refractivity contribution in [1.82, 2.24) is 0 Å². The maximum Gasteiger partial charge on any atom is 0.210 e.